The molecule has 8 heteroatoms. The maximum absolute atomic E-state index is 13.6. The van der Waals surface area contributed by atoms with Gasteiger partial charge in [-0.2, -0.15) is 5.26 Å². The van der Waals surface area contributed by atoms with Crippen molar-refractivity contribution >= 4 is 23.3 Å². The summed E-state index contributed by atoms with van der Waals surface area (Å²) in [7, 11) is 0. The van der Waals surface area contributed by atoms with Gasteiger partial charge in [0, 0.05) is 37.9 Å². The Morgan fingerprint density at radius 1 is 1.25 bits per heavy atom. The normalized spacial score (nSPS) is 26.1. The molecular weight excluding hydrogens is 479 g/mol. The number of likely N-dealkylation sites (tertiary alicyclic amines) is 1. The number of nitrogens with zero attached hydrogens (tertiary/aromatic N) is 3. The van der Waals surface area contributed by atoms with Crippen LogP contribution in [0.2, 0.25) is 5.02 Å². The van der Waals surface area contributed by atoms with E-state index in [1.807, 2.05) is 23.1 Å². The van der Waals surface area contributed by atoms with Crippen LogP contribution in [-0.2, 0) is 5.41 Å². The number of halogens is 2. The van der Waals surface area contributed by atoms with Crippen LogP contribution in [0.3, 0.4) is 0 Å². The highest BCUT2D eigenvalue weighted by Crippen LogP contribution is 2.62. The third kappa shape index (κ3) is 5.22. The third-order valence-corrected chi connectivity index (χ3v) is 8.66. The van der Waals surface area contributed by atoms with Crippen LogP contribution >= 0.6 is 11.6 Å². The highest BCUT2D eigenvalue weighted by Gasteiger charge is 2.58. The van der Waals surface area contributed by atoms with Crippen LogP contribution in [0, 0.1) is 23.1 Å². The average Bonchev–Trinajstić information content (AvgIpc) is 3.63. The minimum Gasteiger partial charge on any atom is -0.393 e. The third-order valence-electron chi connectivity index (χ3n) is 8.37. The van der Waals surface area contributed by atoms with E-state index in [1.165, 1.54) is 23.8 Å². The molecule has 1 aliphatic heterocycles. The summed E-state index contributed by atoms with van der Waals surface area (Å²) >= 11 is 5.93. The van der Waals surface area contributed by atoms with Gasteiger partial charge in [-0.25, -0.2) is 9.18 Å². The molecular formula is C28H32ClFN4O2. The second-order valence-corrected chi connectivity index (χ2v) is 10.9. The van der Waals surface area contributed by atoms with Crippen molar-refractivity contribution in [2.24, 2.45) is 5.92 Å². The van der Waals surface area contributed by atoms with E-state index in [0.717, 1.165) is 58.2 Å². The summed E-state index contributed by atoms with van der Waals surface area (Å²) < 4.78 is 13.6. The van der Waals surface area contributed by atoms with Crippen LogP contribution in [0.1, 0.15) is 49.7 Å². The lowest BCUT2D eigenvalue weighted by Gasteiger charge is -2.38. The van der Waals surface area contributed by atoms with Gasteiger partial charge >= 0.3 is 6.03 Å². The van der Waals surface area contributed by atoms with Crippen molar-refractivity contribution in [3.63, 3.8) is 0 Å². The fourth-order valence-electron chi connectivity index (χ4n) is 6.16. The van der Waals surface area contributed by atoms with Gasteiger partial charge in [-0.05, 0) is 85.8 Å². The standard InChI is InChI=1S/C28H32ClFN4O2/c29-25-16-22(4-5-26(25)30)32-27(36)34(13-12-33-10-7-24(35)8-11-33)23-6-9-28(17-21(28)15-23)20-3-1-2-19(14-20)18-31/h1-5,14,16,21,23-24,35H,6-13,15,17H2,(H,32,36)/t21?,23-,28-/m1/s1. The number of piperidine rings is 1. The van der Waals surface area contributed by atoms with Gasteiger partial charge in [-0.1, -0.05) is 23.7 Å². The van der Waals surface area contributed by atoms with Gasteiger partial charge < -0.3 is 20.2 Å². The number of carbonyl (C=O) groups is 1. The molecule has 36 heavy (non-hydrogen) atoms. The number of rotatable bonds is 6. The van der Waals surface area contributed by atoms with Gasteiger partial charge in [-0.3, -0.25) is 0 Å². The molecule has 5 rings (SSSR count). The zero-order valence-electron chi connectivity index (χ0n) is 20.3. The van der Waals surface area contributed by atoms with Gasteiger partial charge in [0.2, 0.25) is 0 Å². The van der Waals surface area contributed by atoms with Crippen LogP contribution in [-0.4, -0.2) is 59.3 Å². The first-order valence-electron chi connectivity index (χ1n) is 12.8. The first-order valence-corrected chi connectivity index (χ1v) is 13.2. The number of hydrogen-bond donors (Lipinski definition) is 2. The molecule has 1 heterocycles. The monoisotopic (exact) mass is 510 g/mol. The average molecular weight is 511 g/mol. The van der Waals surface area contributed by atoms with Crippen LogP contribution in [0.5, 0.6) is 0 Å². The van der Waals surface area contributed by atoms with Gasteiger partial charge in [0.25, 0.3) is 0 Å². The molecule has 190 valence electrons. The number of nitrogens with one attached hydrogen (secondary N) is 1. The van der Waals surface area contributed by atoms with E-state index in [1.54, 1.807) is 0 Å². The Balaban J connectivity index is 1.29. The minimum atomic E-state index is -0.517. The molecule has 2 N–H and O–H groups in total. The number of nitriles is 1. The van der Waals surface area contributed by atoms with Gasteiger partial charge in [0.1, 0.15) is 5.82 Å². The molecule has 2 aromatic rings. The first kappa shape index (κ1) is 25.0. The molecule has 6 nitrogen and oxygen atoms in total. The summed E-state index contributed by atoms with van der Waals surface area (Å²) in [5.41, 5.74) is 2.54. The molecule has 2 saturated carbocycles. The molecule has 2 amide bonds. The lowest BCUT2D eigenvalue weighted by atomic mass is 9.80. The SMILES string of the molecule is N#Cc1cccc([C@]23CC[C@@H](N(CCN4CCC(O)CC4)C(=O)Nc4ccc(F)c(Cl)c4)CC2C3)c1. The van der Waals surface area contributed by atoms with Crippen molar-refractivity contribution in [1.82, 2.24) is 9.80 Å². The second-order valence-electron chi connectivity index (χ2n) is 10.5. The minimum absolute atomic E-state index is 0.0220. The number of amides is 2. The van der Waals surface area contributed by atoms with Gasteiger partial charge in [0.15, 0.2) is 0 Å². The second kappa shape index (κ2) is 10.4. The molecule has 3 fully saturated rings. The Labute approximate surface area is 216 Å². The lowest BCUT2D eigenvalue weighted by Crippen LogP contribution is -2.49. The van der Waals surface area contributed by atoms with E-state index >= 15 is 0 Å². The van der Waals surface area contributed by atoms with E-state index < -0.39 is 5.82 Å². The Morgan fingerprint density at radius 3 is 2.78 bits per heavy atom. The predicted octanol–water partition coefficient (Wildman–Crippen LogP) is 5.15. The fourth-order valence-corrected chi connectivity index (χ4v) is 6.34. The molecule has 0 aromatic heterocycles. The summed E-state index contributed by atoms with van der Waals surface area (Å²) in [6, 6.07) is 14.4. The predicted molar refractivity (Wildman–Crippen MR) is 137 cm³/mol. The molecule has 3 atom stereocenters. The number of hydrogen-bond acceptors (Lipinski definition) is 4. The largest absolute Gasteiger partial charge is 0.393 e. The molecule has 1 saturated heterocycles. The van der Waals surface area contributed by atoms with E-state index in [-0.39, 0.29) is 28.6 Å². The maximum Gasteiger partial charge on any atom is 0.322 e. The molecule has 2 aliphatic carbocycles. The molecule has 1 unspecified atom stereocenters. The highest BCUT2D eigenvalue weighted by molar-refractivity contribution is 6.31. The molecule has 0 radical (unpaired) electrons. The van der Waals surface area contributed by atoms with Crippen molar-refractivity contribution in [3.05, 3.63) is 64.4 Å². The Morgan fingerprint density at radius 2 is 2.06 bits per heavy atom. The summed E-state index contributed by atoms with van der Waals surface area (Å²) in [5.74, 6) is -0.0254. The lowest BCUT2D eigenvalue weighted by molar-refractivity contribution is 0.0741. The van der Waals surface area contributed by atoms with Crippen LogP contribution in [0.25, 0.3) is 0 Å². The van der Waals surface area contributed by atoms with Crippen molar-refractivity contribution in [1.29, 1.82) is 5.26 Å². The smallest absolute Gasteiger partial charge is 0.322 e. The van der Waals surface area contributed by atoms with E-state index in [4.69, 9.17) is 11.6 Å². The molecule has 0 bridgehead atoms. The van der Waals surface area contributed by atoms with E-state index in [0.29, 0.717) is 23.7 Å². The Hall–Kier alpha value is -2.66. The highest BCUT2D eigenvalue weighted by atomic mass is 35.5. The van der Waals surface area contributed by atoms with Crippen LogP contribution in [0.4, 0.5) is 14.9 Å². The number of aliphatic hydroxyl groups excluding tert-OH is 1. The van der Waals surface area contributed by atoms with Crippen molar-refractivity contribution in [2.75, 3.05) is 31.5 Å². The van der Waals surface area contributed by atoms with Gasteiger partial charge in [-0.15, -0.1) is 0 Å². The number of carbonyl (C=O) groups excluding carboxylic acids is 1. The van der Waals surface area contributed by atoms with E-state index in [9.17, 15) is 19.6 Å². The first-order chi connectivity index (χ1) is 17.4. The van der Waals surface area contributed by atoms with Crippen molar-refractivity contribution < 1.29 is 14.3 Å². The quantitative estimate of drug-likeness (QED) is 0.563. The van der Waals surface area contributed by atoms with E-state index in [2.05, 4.69) is 22.4 Å². The fraction of sp³-hybridized carbons (Fsp3) is 0.500. The summed E-state index contributed by atoms with van der Waals surface area (Å²) in [6.45, 7) is 3.00. The van der Waals surface area contributed by atoms with Crippen molar-refractivity contribution in [2.45, 2.75) is 56.1 Å². The van der Waals surface area contributed by atoms with Crippen LogP contribution in [0.15, 0.2) is 42.5 Å². The topological polar surface area (TPSA) is 79.6 Å². The number of aliphatic hydroxyl groups is 1. The molecule has 0 spiro atoms. The zero-order chi connectivity index (χ0) is 25.3. The zero-order valence-corrected chi connectivity index (χ0v) is 21.1. The number of anilines is 1. The summed E-state index contributed by atoms with van der Waals surface area (Å²) in [5, 5.41) is 22.1. The number of urea groups is 1. The number of benzene rings is 2. The van der Waals surface area contributed by atoms with Gasteiger partial charge in [0.05, 0.1) is 22.8 Å². The molecule has 2 aromatic carbocycles. The maximum atomic E-state index is 13.6. The summed E-state index contributed by atoms with van der Waals surface area (Å²) in [6.07, 6.45) is 5.18. The summed E-state index contributed by atoms with van der Waals surface area (Å²) in [4.78, 5) is 17.7. The Bertz CT molecular complexity index is 1160. The van der Waals surface area contributed by atoms with Crippen molar-refractivity contribution in [3.8, 4) is 6.07 Å². The molecule has 3 aliphatic rings. The van der Waals surface area contributed by atoms with Crippen LogP contribution < -0.4 is 5.32 Å². The number of fused-ring (bicyclic) bond motifs is 1. The Kier molecular flexibility index (Phi) is 7.21.